The molecule has 0 radical (unpaired) electrons. The van der Waals surface area contributed by atoms with Crippen molar-refractivity contribution in [3.8, 4) is 0 Å². The van der Waals surface area contributed by atoms with Crippen LogP contribution in [-0.4, -0.2) is 0 Å². The second-order valence-electron chi connectivity index (χ2n) is 3.25. The number of rotatable bonds is 1. The molecule has 0 aromatic heterocycles. The Morgan fingerprint density at radius 2 is 2.00 bits per heavy atom. The summed E-state index contributed by atoms with van der Waals surface area (Å²) in [5.41, 5.74) is 1.53. The highest BCUT2D eigenvalue weighted by molar-refractivity contribution is 5.54. The number of halogens is 1. The lowest BCUT2D eigenvalue weighted by Gasteiger charge is -1.96. The third-order valence-corrected chi connectivity index (χ3v) is 1.87. The Kier molecular flexibility index (Phi) is 2.66. The number of hydrogen-bond acceptors (Lipinski definition) is 0. The van der Waals surface area contributed by atoms with Crippen LogP contribution in [-0.2, 0) is 0 Å². The monoisotopic (exact) mass is 176 g/mol. The van der Waals surface area contributed by atoms with E-state index in [-0.39, 0.29) is 5.83 Å². The zero-order chi connectivity index (χ0) is 10.0. The Morgan fingerprint density at radius 3 is 2.46 bits per heavy atom. The molecular weight excluding hydrogens is 163 g/mol. The normalized spacial score (nSPS) is 12.5. The first-order chi connectivity index (χ1) is 6.02. The van der Waals surface area contributed by atoms with E-state index in [1.807, 2.05) is 19.1 Å². The topological polar surface area (TPSA) is 0 Å². The third-order valence-electron chi connectivity index (χ3n) is 1.87. The molecule has 0 aliphatic heterocycles. The first kappa shape index (κ1) is 9.72. The van der Waals surface area contributed by atoms with Gasteiger partial charge in [-0.2, -0.15) is 0 Å². The van der Waals surface area contributed by atoms with Crippen LogP contribution in [0.1, 0.15) is 12.5 Å². The fourth-order valence-electron chi connectivity index (χ4n) is 1.17. The summed E-state index contributed by atoms with van der Waals surface area (Å²) < 4.78 is 13.4. The summed E-state index contributed by atoms with van der Waals surface area (Å²) in [6.07, 6.45) is 0. The van der Waals surface area contributed by atoms with Crippen molar-refractivity contribution in [1.29, 1.82) is 0 Å². The van der Waals surface area contributed by atoms with Gasteiger partial charge in [-0.1, -0.05) is 36.9 Å². The van der Waals surface area contributed by atoms with E-state index < -0.39 is 0 Å². The lowest BCUT2D eigenvalue weighted by molar-refractivity contribution is 0.748. The van der Waals surface area contributed by atoms with Crippen LogP contribution >= 0.6 is 0 Å². The highest BCUT2D eigenvalue weighted by Crippen LogP contribution is 2.05. The smallest absolute Gasteiger partial charge is 0.133 e. The number of allylic oxidation sites excluding steroid dienone is 1. The van der Waals surface area contributed by atoms with Crippen LogP contribution in [0, 0.1) is 6.92 Å². The zero-order valence-corrected chi connectivity index (χ0v) is 8.02. The predicted molar refractivity (Wildman–Crippen MR) is 55.3 cm³/mol. The molecule has 0 fully saturated rings. The van der Waals surface area contributed by atoms with E-state index in [2.05, 4.69) is 13.2 Å². The van der Waals surface area contributed by atoms with E-state index in [1.165, 1.54) is 0 Å². The largest absolute Gasteiger partial charge is 0.206 e. The summed E-state index contributed by atoms with van der Waals surface area (Å²) in [5.74, 6) is -0.273. The van der Waals surface area contributed by atoms with Crippen molar-refractivity contribution in [3.05, 3.63) is 46.4 Å². The molecule has 0 nitrogen and oxygen atoms in total. The fraction of sp³-hybridized carbons (Fsp3) is 0.167. The van der Waals surface area contributed by atoms with Crippen molar-refractivity contribution in [2.45, 2.75) is 13.8 Å². The second kappa shape index (κ2) is 3.56. The number of aryl methyl sites for hydroxylation is 1. The summed E-state index contributed by atoms with van der Waals surface area (Å²) >= 11 is 0. The van der Waals surface area contributed by atoms with Crippen LogP contribution in [0.5, 0.6) is 0 Å². The van der Waals surface area contributed by atoms with Crippen molar-refractivity contribution >= 4 is 12.4 Å². The quantitative estimate of drug-likeness (QED) is 0.614. The number of hydrogen-bond donors (Lipinski definition) is 0. The van der Waals surface area contributed by atoms with Gasteiger partial charge in [0.2, 0.25) is 0 Å². The Hall–Kier alpha value is -1.37. The molecule has 0 saturated heterocycles. The van der Waals surface area contributed by atoms with E-state index in [1.54, 1.807) is 13.0 Å². The SMILES string of the molecule is C=C(C)/C(F)=c1/ccc(C)cc1=C. The molecule has 0 N–H and O–H groups in total. The molecule has 0 bridgehead atoms. The van der Waals surface area contributed by atoms with E-state index in [4.69, 9.17) is 0 Å². The maximum Gasteiger partial charge on any atom is 0.133 e. The maximum atomic E-state index is 13.4. The summed E-state index contributed by atoms with van der Waals surface area (Å²) in [7, 11) is 0. The minimum absolute atomic E-state index is 0.273. The van der Waals surface area contributed by atoms with Gasteiger partial charge in [0.15, 0.2) is 0 Å². The first-order valence-electron chi connectivity index (χ1n) is 4.13. The zero-order valence-electron chi connectivity index (χ0n) is 8.02. The standard InChI is InChI=1S/C12H13F/c1-8(2)12(13)11-6-5-9(3)7-10(11)4/h5-7H,1,4H2,2-3H3/b12-11+. The van der Waals surface area contributed by atoms with Crippen LogP contribution < -0.4 is 10.4 Å². The van der Waals surface area contributed by atoms with Crippen LogP contribution in [0.4, 0.5) is 4.39 Å². The lowest BCUT2D eigenvalue weighted by atomic mass is 10.1. The van der Waals surface area contributed by atoms with Gasteiger partial charge in [-0.15, -0.1) is 0 Å². The van der Waals surface area contributed by atoms with Gasteiger partial charge >= 0.3 is 0 Å². The van der Waals surface area contributed by atoms with Gasteiger partial charge in [-0.3, -0.25) is 0 Å². The molecule has 0 atom stereocenters. The molecule has 1 rings (SSSR count). The summed E-state index contributed by atoms with van der Waals surface area (Å²) in [5, 5.41) is 1.25. The van der Waals surface area contributed by atoms with Crippen molar-refractivity contribution < 1.29 is 4.39 Å². The minimum Gasteiger partial charge on any atom is -0.206 e. The Labute approximate surface area is 77.7 Å². The van der Waals surface area contributed by atoms with Crippen LogP contribution in [0.15, 0.2) is 30.4 Å². The molecule has 1 heteroatoms. The number of benzene rings is 1. The molecule has 0 heterocycles. The molecule has 0 spiro atoms. The van der Waals surface area contributed by atoms with Gasteiger partial charge in [0.25, 0.3) is 0 Å². The summed E-state index contributed by atoms with van der Waals surface area (Å²) in [6.45, 7) is 10.9. The van der Waals surface area contributed by atoms with E-state index in [9.17, 15) is 4.39 Å². The Morgan fingerprint density at radius 1 is 1.38 bits per heavy atom. The van der Waals surface area contributed by atoms with Crippen molar-refractivity contribution in [3.63, 3.8) is 0 Å². The highest BCUT2D eigenvalue weighted by atomic mass is 19.1. The molecule has 0 aliphatic carbocycles. The molecule has 1 aromatic rings. The Balaban J connectivity index is 3.57. The summed E-state index contributed by atoms with van der Waals surface area (Å²) in [6, 6.07) is 5.46. The van der Waals surface area contributed by atoms with E-state index in [0.29, 0.717) is 16.0 Å². The van der Waals surface area contributed by atoms with Crippen molar-refractivity contribution in [2.75, 3.05) is 0 Å². The van der Waals surface area contributed by atoms with Gasteiger partial charge in [0, 0.05) is 5.22 Å². The molecule has 0 aliphatic rings. The van der Waals surface area contributed by atoms with Crippen LogP contribution in [0.3, 0.4) is 0 Å². The average molecular weight is 176 g/mol. The predicted octanol–water partition coefficient (Wildman–Crippen LogP) is 2.06. The first-order valence-corrected chi connectivity index (χ1v) is 4.13. The van der Waals surface area contributed by atoms with Crippen molar-refractivity contribution in [1.82, 2.24) is 0 Å². The van der Waals surface area contributed by atoms with Crippen molar-refractivity contribution in [2.24, 2.45) is 0 Å². The molecule has 0 amide bonds. The van der Waals surface area contributed by atoms with E-state index >= 15 is 0 Å². The highest BCUT2D eigenvalue weighted by Gasteiger charge is 1.97. The second-order valence-corrected chi connectivity index (χ2v) is 3.25. The van der Waals surface area contributed by atoms with Crippen LogP contribution in [0.2, 0.25) is 0 Å². The van der Waals surface area contributed by atoms with Gasteiger partial charge in [0.05, 0.1) is 0 Å². The molecule has 1 aromatic carbocycles. The van der Waals surface area contributed by atoms with E-state index in [0.717, 1.165) is 5.56 Å². The molecule has 68 valence electrons. The maximum absolute atomic E-state index is 13.4. The minimum atomic E-state index is -0.273. The molecule has 0 saturated carbocycles. The van der Waals surface area contributed by atoms with Gasteiger partial charge in [-0.05, 0) is 24.6 Å². The van der Waals surface area contributed by atoms with Gasteiger partial charge < -0.3 is 0 Å². The van der Waals surface area contributed by atoms with Gasteiger partial charge in [0.1, 0.15) is 5.83 Å². The van der Waals surface area contributed by atoms with Crippen LogP contribution in [0.25, 0.3) is 12.4 Å². The average Bonchev–Trinajstić information content (AvgIpc) is 2.03. The van der Waals surface area contributed by atoms with Gasteiger partial charge in [-0.25, -0.2) is 4.39 Å². The Bertz CT molecular complexity index is 441. The molecular formula is C12H13F. The lowest BCUT2D eigenvalue weighted by Crippen LogP contribution is -2.24. The fourth-order valence-corrected chi connectivity index (χ4v) is 1.17. The molecule has 0 unspecified atom stereocenters. The molecule has 13 heavy (non-hydrogen) atoms. The summed E-state index contributed by atoms with van der Waals surface area (Å²) in [4.78, 5) is 0. The third kappa shape index (κ3) is 2.05.